The van der Waals surface area contributed by atoms with E-state index >= 15 is 0 Å². The van der Waals surface area contributed by atoms with E-state index in [-0.39, 0.29) is 18.4 Å². The van der Waals surface area contributed by atoms with E-state index in [2.05, 4.69) is 5.32 Å². The summed E-state index contributed by atoms with van der Waals surface area (Å²) in [5, 5.41) is 2.80. The zero-order chi connectivity index (χ0) is 13.5. The molecular weight excluding hydrogens is 246 g/mol. The minimum absolute atomic E-state index is 0.154. The van der Waals surface area contributed by atoms with Crippen LogP contribution in [0.4, 0.5) is 10.5 Å². The molecule has 3 rings (SSSR count). The number of anilines is 1. The van der Waals surface area contributed by atoms with Crippen molar-refractivity contribution in [3.05, 3.63) is 29.8 Å². The molecule has 1 aromatic rings. The lowest BCUT2D eigenvalue weighted by Crippen LogP contribution is -2.51. The molecule has 5 heteroatoms. The molecule has 2 aliphatic rings. The fourth-order valence-corrected chi connectivity index (χ4v) is 2.93. The van der Waals surface area contributed by atoms with Gasteiger partial charge in [-0.1, -0.05) is 31.5 Å². The molecule has 1 spiro atoms. The first-order valence-electron chi connectivity index (χ1n) is 6.45. The lowest BCUT2D eigenvalue weighted by Gasteiger charge is -2.38. The molecule has 100 valence electrons. The monoisotopic (exact) mass is 261 g/mol. The summed E-state index contributed by atoms with van der Waals surface area (Å²) in [6.45, 7) is 2.25. The Morgan fingerprint density at radius 3 is 2.95 bits per heavy atom. The zero-order valence-electron chi connectivity index (χ0n) is 10.6. The average Bonchev–Trinajstić information content (AvgIpc) is 2.67. The van der Waals surface area contributed by atoms with Gasteiger partial charge in [-0.05, 0) is 12.5 Å². The summed E-state index contributed by atoms with van der Waals surface area (Å²) >= 11 is 0. The fourth-order valence-electron chi connectivity index (χ4n) is 2.93. The second-order valence-electron chi connectivity index (χ2n) is 4.88. The first-order valence-corrected chi connectivity index (χ1v) is 6.45. The molecule has 1 amide bonds. The minimum atomic E-state index is -1.22. The highest BCUT2D eigenvalue weighted by molar-refractivity contribution is 6.06. The lowest BCUT2D eigenvalue weighted by atomic mass is 9.79. The molecule has 0 unspecified atom stereocenters. The van der Waals surface area contributed by atoms with Crippen molar-refractivity contribution >= 4 is 17.7 Å². The second kappa shape index (κ2) is 4.26. The van der Waals surface area contributed by atoms with Crippen LogP contribution in [0.25, 0.3) is 0 Å². The predicted octanol–water partition coefficient (Wildman–Crippen LogP) is 2.42. The third-order valence-corrected chi connectivity index (χ3v) is 3.77. The van der Waals surface area contributed by atoms with Gasteiger partial charge in [-0.2, -0.15) is 0 Å². The molecule has 0 aromatic heterocycles. The van der Waals surface area contributed by atoms with Gasteiger partial charge in [0.05, 0.1) is 0 Å². The van der Waals surface area contributed by atoms with E-state index in [1.807, 2.05) is 31.2 Å². The summed E-state index contributed by atoms with van der Waals surface area (Å²) in [6, 6.07) is 7.32. The highest BCUT2D eigenvalue weighted by Gasteiger charge is 2.58. The fraction of sp³-hybridized carbons (Fsp3) is 0.429. The summed E-state index contributed by atoms with van der Waals surface area (Å²) in [4.78, 5) is 23.9. The molecule has 0 saturated carbocycles. The van der Waals surface area contributed by atoms with Gasteiger partial charge in [0.15, 0.2) is 0 Å². The number of ether oxygens (including phenoxy) is 2. The topological polar surface area (TPSA) is 64.6 Å². The standard InChI is InChI=1S/C14H15NO4/c1-2-5-9-8-18-13(17)19-14(9)10-6-3-4-7-11(10)15-12(14)16/h3-4,6-7,9H,2,5,8H2,1H3,(H,15,16)/t9-,14-/m0/s1. The molecule has 1 saturated heterocycles. The number of para-hydroxylation sites is 1. The average molecular weight is 261 g/mol. The summed E-state index contributed by atoms with van der Waals surface area (Å²) in [5.74, 6) is -0.428. The number of rotatable bonds is 2. The molecule has 0 bridgehead atoms. The number of carbonyl (C=O) groups is 2. The molecule has 2 atom stereocenters. The maximum atomic E-state index is 12.4. The van der Waals surface area contributed by atoms with Crippen LogP contribution in [0, 0.1) is 5.92 Å². The van der Waals surface area contributed by atoms with E-state index in [1.165, 1.54) is 0 Å². The van der Waals surface area contributed by atoms with Crippen LogP contribution in [0.2, 0.25) is 0 Å². The molecule has 0 aliphatic carbocycles. The molecule has 0 radical (unpaired) electrons. The van der Waals surface area contributed by atoms with Crippen molar-refractivity contribution < 1.29 is 19.1 Å². The van der Waals surface area contributed by atoms with E-state index in [1.54, 1.807) is 0 Å². The summed E-state index contributed by atoms with van der Waals surface area (Å²) in [7, 11) is 0. The third-order valence-electron chi connectivity index (χ3n) is 3.77. The van der Waals surface area contributed by atoms with Crippen LogP contribution in [0.5, 0.6) is 0 Å². The van der Waals surface area contributed by atoms with Gasteiger partial charge >= 0.3 is 6.16 Å². The first-order chi connectivity index (χ1) is 9.18. The van der Waals surface area contributed by atoms with Crippen LogP contribution in [-0.4, -0.2) is 18.7 Å². The highest BCUT2D eigenvalue weighted by atomic mass is 16.7. The minimum Gasteiger partial charge on any atom is -0.434 e. The number of hydrogen-bond acceptors (Lipinski definition) is 4. The van der Waals surface area contributed by atoms with E-state index in [0.717, 1.165) is 18.4 Å². The Balaban J connectivity index is 2.12. The summed E-state index contributed by atoms with van der Waals surface area (Å²) in [6.07, 6.45) is 0.872. The van der Waals surface area contributed by atoms with Crippen molar-refractivity contribution in [2.45, 2.75) is 25.4 Å². The van der Waals surface area contributed by atoms with Crippen molar-refractivity contribution in [3.63, 3.8) is 0 Å². The Labute approximate surface area is 110 Å². The molecule has 1 N–H and O–H groups in total. The van der Waals surface area contributed by atoms with Gasteiger partial charge in [-0.15, -0.1) is 0 Å². The van der Waals surface area contributed by atoms with E-state index < -0.39 is 11.8 Å². The van der Waals surface area contributed by atoms with Crippen LogP contribution in [0.3, 0.4) is 0 Å². The quantitative estimate of drug-likeness (QED) is 0.830. The van der Waals surface area contributed by atoms with Crippen LogP contribution in [0.15, 0.2) is 24.3 Å². The largest absolute Gasteiger partial charge is 0.509 e. The van der Waals surface area contributed by atoms with Gasteiger partial charge < -0.3 is 14.8 Å². The van der Waals surface area contributed by atoms with Crippen molar-refractivity contribution in [2.75, 3.05) is 11.9 Å². The first kappa shape index (κ1) is 12.0. The molecule has 1 aromatic carbocycles. The number of cyclic esters (lactones) is 1. The Morgan fingerprint density at radius 2 is 2.16 bits per heavy atom. The Morgan fingerprint density at radius 1 is 1.37 bits per heavy atom. The zero-order valence-corrected chi connectivity index (χ0v) is 10.6. The van der Waals surface area contributed by atoms with Gasteiger partial charge in [-0.25, -0.2) is 4.79 Å². The van der Waals surface area contributed by atoms with Crippen molar-refractivity contribution in [1.29, 1.82) is 0 Å². The molecule has 19 heavy (non-hydrogen) atoms. The van der Waals surface area contributed by atoms with E-state index in [4.69, 9.17) is 9.47 Å². The summed E-state index contributed by atoms with van der Waals surface area (Å²) in [5.41, 5.74) is 0.223. The van der Waals surface area contributed by atoms with Crippen LogP contribution >= 0.6 is 0 Å². The molecule has 2 aliphatic heterocycles. The van der Waals surface area contributed by atoms with Crippen LogP contribution in [0.1, 0.15) is 25.3 Å². The number of nitrogens with one attached hydrogen (secondary N) is 1. The van der Waals surface area contributed by atoms with Gasteiger partial charge in [0.2, 0.25) is 5.60 Å². The van der Waals surface area contributed by atoms with Gasteiger partial charge in [0, 0.05) is 17.2 Å². The van der Waals surface area contributed by atoms with Crippen molar-refractivity contribution in [1.82, 2.24) is 0 Å². The number of hydrogen-bond donors (Lipinski definition) is 1. The van der Waals surface area contributed by atoms with E-state index in [9.17, 15) is 9.59 Å². The van der Waals surface area contributed by atoms with Crippen LogP contribution < -0.4 is 5.32 Å². The number of benzene rings is 1. The predicted molar refractivity (Wildman–Crippen MR) is 67.6 cm³/mol. The summed E-state index contributed by atoms with van der Waals surface area (Å²) < 4.78 is 10.3. The Bertz CT molecular complexity index is 542. The normalized spacial score (nSPS) is 28.6. The second-order valence-corrected chi connectivity index (χ2v) is 4.88. The Kier molecular flexibility index (Phi) is 2.69. The number of fused-ring (bicyclic) bond motifs is 2. The maximum Gasteiger partial charge on any atom is 0.509 e. The van der Waals surface area contributed by atoms with Gasteiger partial charge in [0.1, 0.15) is 6.61 Å². The third kappa shape index (κ3) is 1.61. The van der Waals surface area contributed by atoms with Crippen LogP contribution in [-0.2, 0) is 19.9 Å². The van der Waals surface area contributed by atoms with E-state index in [0.29, 0.717) is 5.69 Å². The molecule has 1 fully saturated rings. The number of carbonyl (C=O) groups excluding carboxylic acids is 2. The smallest absolute Gasteiger partial charge is 0.434 e. The lowest BCUT2D eigenvalue weighted by molar-refractivity contribution is -0.160. The SMILES string of the molecule is CCC[C@H]1COC(=O)O[C@@]12C(=O)Nc1ccccc12. The molecule has 5 nitrogen and oxygen atoms in total. The maximum absolute atomic E-state index is 12.4. The van der Waals surface area contributed by atoms with Crippen molar-refractivity contribution in [3.8, 4) is 0 Å². The highest BCUT2D eigenvalue weighted by Crippen LogP contribution is 2.47. The number of amides is 1. The molecular formula is C14H15NO4. The molecule has 2 heterocycles. The van der Waals surface area contributed by atoms with Gasteiger partial charge in [0.25, 0.3) is 5.91 Å². The van der Waals surface area contributed by atoms with Crippen molar-refractivity contribution in [2.24, 2.45) is 5.92 Å². The Hall–Kier alpha value is -2.04. The van der Waals surface area contributed by atoms with Gasteiger partial charge in [-0.3, -0.25) is 4.79 Å².